The molecule has 0 heterocycles. The standard InChI is InChI=1S/C14H27N/c1-3-5-7-12-14(15-4-2)13-10-8-6-9-11-13/h3,13-15H,1,4-12H2,2H3. The zero-order valence-corrected chi connectivity index (χ0v) is 10.3. The van der Waals surface area contributed by atoms with Crippen molar-refractivity contribution in [1.29, 1.82) is 0 Å². The summed E-state index contributed by atoms with van der Waals surface area (Å²) >= 11 is 0. The molecule has 1 aliphatic carbocycles. The molecular formula is C14H27N. The molecule has 1 heteroatoms. The summed E-state index contributed by atoms with van der Waals surface area (Å²) in [6.45, 7) is 7.14. The average molecular weight is 209 g/mol. The molecule has 0 aromatic heterocycles. The number of unbranched alkanes of at least 4 members (excludes halogenated alkanes) is 1. The van der Waals surface area contributed by atoms with E-state index >= 15 is 0 Å². The topological polar surface area (TPSA) is 12.0 Å². The van der Waals surface area contributed by atoms with Crippen LogP contribution >= 0.6 is 0 Å². The van der Waals surface area contributed by atoms with Crippen LogP contribution in [0.3, 0.4) is 0 Å². The third-order valence-corrected chi connectivity index (χ3v) is 3.61. The maximum atomic E-state index is 3.80. The lowest BCUT2D eigenvalue weighted by Gasteiger charge is -2.31. The van der Waals surface area contributed by atoms with Gasteiger partial charge < -0.3 is 5.32 Å². The maximum Gasteiger partial charge on any atom is 0.00953 e. The van der Waals surface area contributed by atoms with Crippen LogP contribution in [-0.4, -0.2) is 12.6 Å². The molecule has 1 nitrogen and oxygen atoms in total. The largest absolute Gasteiger partial charge is 0.314 e. The second-order valence-corrected chi connectivity index (χ2v) is 4.78. The molecule has 0 aromatic rings. The van der Waals surface area contributed by atoms with E-state index in [-0.39, 0.29) is 0 Å². The fraction of sp³-hybridized carbons (Fsp3) is 0.857. The molecule has 1 aliphatic rings. The first-order chi connectivity index (χ1) is 7.38. The van der Waals surface area contributed by atoms with Gasteiger partial charge in [0.05, 0.1) is 0 Å². The van der Waals surface area contributed by atoms with Crippen molar-refractivity contribution in [3.05, 3.63) is 12.7 Å². The summed E-state index contributed by atoms with van der Waals surface area (Å²) < 4.78 is 0. The van der Waals surface area contributed by atoms with Gasteiger partial charge in [0, 0.05) is 6.04 Å². The molecular weight excluding hydrogens is 182 g/mol. The SMILES string of the molecule is C=CCCCC(NCC)C1CCCCC1. The van der Waals surface area contributed by atoms with E-state index in [2.05, 4.69) is 18.8 Å². The molecule has 1 N–H and O–H groups in total. The minimum Gasteiger partial charge on any atom is -0.314 e. The second-order valence-electron chi connectivity index (χ2n) is 4.78. The van der Waals surface area contributed by atoms with E-state index < -0.39 is 0 Å². The van der Waals surface area contributed by atoms with Gasteiger partial charge in [-0.1, -0.05) is 32.3 Å². The highest BCUT2D eigenvalue weighted by Gasteiger charge is 2.21. The van der Waals surface area contributed by atoms with E-state index in [0.717, 1.165) is 18.5 Å². The van der Waals surface area contributed by atoms with Gasteiger partial charge in [0.15, 0.2) is 0 Å². The van der Waals surface area contributed by atoms with Crippen LogP contribution in [0.4, 0.5) is 0 Å². The number of hydrogen-bond donors (Lipinski definition) is 1. The van der Waals surface area contributed by atoms with E-state index in [1.54, 1.807) is 0 Å². The number of hydrogen-bond acceptors (Lipinski definition) is 1. The predicted molar refractivity (Wildman–Crippen MR) is 68.1 cm³/mol. The van der Waals surface area contributed by atoms with Crippen molar-refractivity contribution in [2.45, 2.75) is 64.3 Å². The minimum absolute atomic E-state index is 0.773. The molecule has 0 aromatic carbocycles. The first kappa shape index (κ1) is 12.8. The average Bonchev–Trinajstić information content (AvgIpc) is 2.29. The Labute approximate surface area is 95.3 Å². The summed E-state index contributed by atoms with van der Waals surface area (Å²) in [5.74, 6) is 0.948. The molecule has 1 fully saturated rings. The quantitative estimate of drug-likeness (QED) is 0.495. The molecule has 1 atom stereocenters. The normalized spacial score (nSPS) is 20.1. The van der Waals surface area contributed by atoms with Crippen molar-refractivity contribution in [3.8, 4) is 0 Å². The summed E-state index contributed by atoms with van der Waals surface area (Å²) in [6.07, 6.45) is 13.1. The van der Waals surface area contributed by atoms with E-state index in [9.17, 15) is 0 Å². The van der Waals surface area contributed by atoms with Gasteiger partial charge in [-0.05, 0) is 44.6 Å². The van der Waals surface area contributed by atoms with Crippen LogP contribution in [0, 0.1) is 5.92 Å². The highest BCUT2D eigenvalue weighted by molar-refractivity contribution is 4.80. The van der Waals surface area contributed by atoms with E-state index in [4.69, 9.17) is 0 Å². The van der Waals surface area contributed by atoms with Crippen LogP contribution in [-0.2, 0) is 0 Å². The monoisotopic (exact) mass is 209 g/mol. The highest BCUT2D eigenvalue weighted by atomic mass is 14.9. The Bertz CT molecular complexity index is 159. The molecule has 0 bridgehead atoms. The van der Waals surface area contributed by atoms with Crippen LogP contribution in [0.2, 0.25) is 0 Å². The molecule has 1 unspecified atom stereocenters. The highest BCUT2D eigenvalue weighted by Crippen LogP contribution is 2.28. The first-order valence-electron chi connectivity index (χ1n) is 6.72. The lowest BCUT2D eigenvalue weighted by molar-refractivity contribution is 0.258. The van der Waals surface area contributed by atoms with Gasteiger partial charge in [-0.25, -0.2) is 0 Å². The van der Waals surface area contributed by atoms with Gasteiger partial charge in [-0.3, -0.25) is 0 Å². The Morgan fingerprint density at radius 1 is 1.33 bits per heavy atom. The zero-order chi connectivity index (χ0) is 10.9. The summed E-state index contributed by atoms with van der Waals surface area (Å²) in [5.41, 5.74) is 0. The lowest BCUT2D eigenvalue weighted by Crippen LogP contribution is -2.37. The van der Waals surface area contributed by atoms with Gasteiger partial charge >= 0.3 is 0 Å². The molecule has 0 spiro atoms. The van der Waals surface area contributed by atoms with Crippen molar-refractivity contribution in [2.24, 2.45) is 5.92 Å². The third kappa shape index (κ3) is 4.83. The Balaban J connectivity index is 2.29. The van der Waals surface area contributed by atoms with Crippen LogP contribution in [0.15, 0.2) is 12.7 Å². The number of nitrogens with one attached hydrogen (secondary N) is 1. The smallest absolute Gasteiger partial charge is 0.00953 e. The van der Waals surface area contributed by atoms with Crippen LogP contribution in [0.5, 0.6) is 0 Å². The minimum atomic E-state index is 0.773. The van der Waals surface area contributed by atoms with Crippen LogP contribution in [0.1, 0.15) is 58.3 Å². The molecule has 1 rings (SSSR count). The van der Waals surface area contributed by atoms with Crippen molar-refractivity contribution >= 4 is 0 Å². The third-order valence-electron chi connectivity index (χ3n) is 3.61. The van der Waals surface area contributed by atoms with E-state index in [0.29, 0.717) is 0 Å². The van der Waals surface area contributed by atoms with E-state index in [1.807, 2.05) is 6.08 Å². The second kappa shape index (κ2) is 7.92. The molecule has 0 radical (unpaired) electrons. The van der Waals surface area contributed by atoms with Crippen molar-refractivity contribution in [2.75, 3.05) is 6.54 Å². The lowest BCUT2D eigenvalue weighted by atomic mass is 9.82. The van der Waals surface area contributed by atoms with Gasteiger partial charge in [-0.2, -0.15) is 0 Å². The maximum absolute atomic E-state index is 3.80. The van der Waals surface area contributed by atoms with Crippen LogP contribution in [0.25, 0.3) is 0 Å². The van der Waals surface area contributed by atoms with Gasteiger partial charge in [0.1, 0.15) is 0 Å². The fourth-order valence-electron chi connectivity index (χ4n) is 2.79. The molecule has 1 saturated carbocycles. The molecule has 15 heavy (non-hydrogen) atoms. The number of rotatable bonds is 7. The Kier molecular flexibility index (Phi) is 6.74. The van der Waals surface area contributed by atoms with Crippen molar-refractivity contribution in [3.63, 3.8) is 0 Å². The van der Waals surface area contributed by atoms with Gasteiger partial charge in [0.25, 0.3) is 0 Å². The molecule has 0 aliphatic heterocycles. The Morgan fingerprint density at radius 2 is 2.07 bits per heavy atom. The summed E-state index contributed by atoms with van der Waals surface area (Å²) in [7, 11) is 0. The Hall–Kier alpha value is -0.300. The van der Waals surface area contributed by atoms with Gasteiger partial charge in [-0.15, -0.1) is 6.58 Å². The summed E-state index contributed by atoms with van der Waals surface area (Å²) in [4.78, 5) is 0. The molecule has 0 amide bonds. The fourth-order valence-corrected chi connectivity index (χ4v) is 2.79. The van der Waals surface area contributed by atoms with Gasteiger partial charge in [0.2, 0.25) is 0 Å². The Morgan fingerprint density at radius 3 is 2.67 bits per heavy atom. The molecule has 0 saturated heterocycles. The number of allylic oxidation sites excluding steroid dienone is 1. The summed E-state index contributed by atoms with van der Waals surface area (Å²) in [5, 5.41) is 3.68. The predicted octanol–water partition coefficient (Wildman–Crippen LogP) is 3.90. The molecule has 88 valence electrons. The van der Waals surface area contributed by atoms with Crippen molar-refractivity contribution in [1.82, 2.24) is 5.32 Å². The first-order valence-corrected chi connectivity index (χ1v) is 6.72. The van der Waals surface area contributed by atoms with E-state index in [1.165, 1.54) is 51.4 Å². The zero-order valence-electron chi connectivity index (χ0n) is 10.3. The van der Waals surface area contributed by atoms with Crippen molar-refractivity contribution < 1.29 is 0 Å². The summed E-state index contributed by atoms with van der Waals surface area (Å²) in [6, 6.07) is 0.773. The van der Waals surface area contributed by atoms with Crippen LogP contribution < -0.4 is 5.32 Å².